The smallest absolute Gasteiger partial charge is 0.267 e. The fourth-order valence-corrected chi connectivity index (χ4v) is 5.60. The second-order valence-electron chi connectivity index (χ2n) is 7.27. The zero-order valence-corrected chi connectivity index (χ0v) is 20.3. The number of rotatable bonds is 10. The number of amides is 1. The molecule has 1 amide bonds. The molecule has 0 bridgehead atoms. The van der Waals surface area contributed by atoms with Gasteiger partial charge in [-0.1, -0.05) is 6.07 Å². The average molecular weight is 477 g/mol. The van der Waals surface area contributed by atoms with E-state index in [1.54, 1.807) is 36.4 Å². The van der Waals surface area contributed by atoms with Crippen molar-refractivity contribution in [2.45, 2.75) is 25.2 Å². The maximum absolute atomic E-state index is 13.3. The summed E-state index contributed by atoms with van der Waals surface area (Å²) in [6.07, 6.45) is 0.750. The molecule has 0 aliphatic heterocycles. The van der Waals surface area contributed by atoms with Crippen molar-refractivity contribution < 1.29 is 22.7 Å². The number of aryl methyl sites for hydroxylation is 1. The number of carbonyl (C=O) groups excluding carboxylic acids is 1. The van der Waals surface area contributed by atoms with Crippen molar-refractivity contribution >= 4 is 43.0 Å². The Hall–Kier alpha value is -2.62. The summed E-state index contributed by atoms with van der Waals surface area (Å²) < 4.78 is 39.2. The highest BCUT2D eigenvalue weighted by Gasteiger charge is 2.26. The van der Waals surface area contributed by atoms with Crippen LogP contribution in [-0.4, -0.2) is 48.2 Å². The molecule has 0 saturated carbocycles. The number of hydrogen-bond acceptors (Lipinski definition) is 6. The number of ether oxygens (including phenoxy) is 2. The van der Waals surface area contributed by atoms with Gasteiger partial charge in [-0.15, -0.1) is 11.3 Å². The molecular formula is C23H28N2O5S2. The van der Waals surface area contributed by atoms with Gasteiger partial charge in [0.15, 0.2) is 0 Å². The molecule has 0 fully saturated rings. The van der Waals surface area contributed by atoms with E-state index in [2.05, 4.69) is 5.32 Å². The van der Waals surface area contributed by atoms with E-state index >= 15 is 0 Å². The van der Waals surface area contributed by atoms with Gasteiger partial charge in [0.25, 0.3) is 15.9 Å². The second kappa shape index (κ2) is 10.3. The molecule has 0 spiro atoms. The van der Waals surface area contributed by atoms with Crippen molar-refractivity contribution in [3.8, 4) is 5.75 Å². The number of carbonyl (C=O) groups is 1. The van der Waals surface area contributed by atoms with Gasteiger partial charge in [-0.3, -0.25) is 9.10 Å². The molecule has 0 radical (unpaired) electrons. The van der Waals surface area contributed by atoms with Gasteiger partial charge in [-0.05, 0) is 67.6 Å². The molecule has 0 aliphatic rings. The Morgan fingerprint density at radius 3 is 2.66 bits per heavy atom. The van der Waals surface area contributed by atoms with E-state index in [0.717, 1.165) is 22.1 Å². The number of nitrogens with zero attached hydrogens (tertiary/aromatic N) is 1. The quantitative estimate of drug-likeness (QED) is 0.443. The van der Waals surface area contributed by atoms with Gasteiger partial charge in [0, 0.05) is 31.5 Å². The molecule has 3 aromatic rings. The van der Waals surface area contributed by atoms with Crippen LogP contribution in [0.2, 0.25) is 0 Å². The number of anilines is 1. The Morgan fingerprint density at radius 2 is 1.94 bits per heavy atom. The first-order valence-corrected chi connectivity index (χ1v) is 12.6. The van der Waals surface area contributed by atoms with Crippen LogP contribution in [0, 0.1) is 6.92 Å². The maximum atomic E-state index is 13.3. The minimum atomic E-state index is -3.83. The topological polar surface area (TPSA) is 84.9 Å². The Labute approximate surface area is 193 Å². The Balaban J connectivity index is 1.82. The summed E-state index contributed by atoms with van der Waals surface area (Å²) in [7, 11) is -0.875. The van der Waals surface area contributed by atoms with Gasteiger partial charge >= 0.3 is 0 Å². The molecule has 0 aliphatic carbocycles. The van der Waals surface area contributed by atoms with Crippen molar-refractivity contribution in [1.29, 1.82) is 0 Å². The monoisotopic (exact) mass is 476 g/mol. The molecule has 9 heteroatoms. The third-order valence-electron chi connectivity index (χ3n) is 5.00. The molecule has 172 valence electrons. The number of methoxy groups -OCH3 is 1. The van der Waals surface area contributed by atoms with Gasteiger partial charge in [-0.25, -0.2) is 8.42 Å². The summed E-state index contributed by atoms with van der Waals surface area (Å²) in [5.74, 6) is 0.150. The zero-order valence-electron chi connectivity index (χ0n) is 18.7. The standard InChI is InChI=1S/C23H28N2O5S2/c1-5-30-12-6-11-24-23(26)21-15-17-14-18(8-10-20(17)31-21)25(3)32(27,28)22-13-16(2)7-9-19(22)29-4/h7-10,13-15H,5-6,11-12H2,1-4H3,(H,24,26). The number of thiophene rings is 1. The van der Waals surface area contributed by atoms with Gasteiger partial charge in [0.1, 0.15) is 10.6 Å². The number of hydrogen-bond donors (Lipinski definition) is 1. The molecule has 7 nitrogen and oxygen atoms in total. The molecule has 1 aromatic heterocycles. The van der Waals surface area contributed by atoms with Crippen LogP contribution in [-0.2, 0) is 14.8 Å². The summed E-state index contributed by atoms with van der Waals surface area (Å²) in [5.41, 5.74) is 1.32. The molecule has 0 unspecified atom stereocenters. The molecule has 1 N–H and O–H groups in total. The zero-order chi connectivity index (χ0) is 23.3. The lowest BCUT2D eigenvalue weighted by molar-refractivity contribution is 0.0948. The molecule has 1 heterocycles. The molecular weight excluding hydrogens is 448 g/mol. The van der Waals surface area contributed by atoms with Gasteiger partial charge < -0.3 is 14.8 Å². The van der Waals surface area contributed by atoms with Crippen LogP contribution in [0.15, 0.2) is 47.4 Å². The second-order valence-corrected chi connectivity index (χ2v) is 10.3. The van der Waals surface area contributed by atoms with Crippen LogP contribution in [0.3, 0.4) is 0 Å². The predicted molar refractivity (Wildman–Crippen MR) is 129 cm³/mol. The van der Waals surface area contributed by atoms with Crippen molar-refractivity contribution in [2.75, 3.05) is 38.2 Å². The van der Waals surface area contributed by atoms with Crippen molar-refractivity contribution in [3.05, 3.63) is 52.9 Å². The SMILES string of the molecule is CCOCCCNC(=O)c1cc2cc(N(C)S(=O)(=O)c3cc(C)ccc3OC)ccc2s1. The number of fused-ring (bicyclic) bond motifs is 1. The van der Waals surface area contributed by atoms with Crippen LogP contribution in [0.5, 0.6) is 5.75 Å². The van der Waals surface area contributed by atoms with E-state index in [4.69, 9.17) is 9.47 Å². The first-order valence-electron chi connectivity index (χ1n) is 10.3. The van der Waals surface area contributed by atoms with Gasteiger partial charge in [-0.2, -0.15) is 0 Å². The van der Waals surface area contributed by atoms with E-state index in [9.17, 15) is 13.2 Å². The molecule has 0 atom stereocenters. The maximum Gasteiger partial charge on any atom is 0.267 e. The third-order valence-corrected chi connectivity index (χ3v) is 7.92. The van der Waals surface area contributed by atoms with Crippen LogP contribution in [0.1, 0.15) is 28.6 Å². The summed E-state index contributed by atoms with van der Waals surface area (Å²) in [6.45, 7) is 5.58. The minimum absolute atomic E-state index is 0.111. The van der Waals surface area contributed by atoms with Crippen LogP contribution < -0.4 is 14.4 Å². The van der Waals surface area contributed by atoms with Crippen molar-refractivity contribution in [1.82, 2.24) is 5.32 Å². The molecule has 2 aromatic carbocycles. The van der Waals surface area contributed by atoms with Gasteiger partial charge in [0.2, 0.25) is 0 Å². The van der Waals surface area contributed by atoms with Crippen LogP contribution in [0.25, 0.3) is 10.1 Å². The van der Waals surface area contributed by atoms with E-state index in [1.165, 1.54) is 29.8 Å². The fourth-order valence-electron chi connectivity index (χ4n) is 3.22. The number of benzene rings is 2. The predicted octanol–water partition coefficient (Wildman–Crippen LogP) is 4.20. The lowest BCUT2D eigenvalue weighted by atomic mass is 10.2. The molecule has 0 saturated heterocycles. The highest BCUT2D eigenvalue weighted by molar-refractivity contribution is 7.93. The first kappa shape index (κ1) is 24.0. The van der Waals surface area contributed by atoms with Crippen LogP contribution in [0.4, 0.5) is 5.69 Å². The summed E-state index contributed by atoms with van der Waals surface area (Å²) >= 11 is 1.37. The van der Waals surface area contributed by atoms with Crippen molar-refractivity contribution in [3.63, 3.8) is 0 Å². The first-order chi connectivity index (χ1) is 15.3. The van der Waals surface area contributed by atoms with Gasteiger partial charge in [0.05, 0.1) is 17.7 Å². The third kappa shape index (κ3) is 5.23. The van der Waals surface area contributed by atoms with E-state index in [1.807, 2.05) is 19.9 Å². The minimum Gasteiger partial charge on any atom is -0.495 e. The molecule has 3 rings (SSSR count). The number of sulfonamides is 1. The van der Waals surface area contributed by atoms with Crippen LogP contribution >= 0.6 is 11.3 Å². The van der Waals surface area contributed by atoms with Crippen molar-refractivity contribution in [2.24, 2.45) is 0 Å². The Morgan fingerprint density at radius 1 is 1.16 bits per heavy atom. The van der Waals surface area contributed by atoms with E-state index in [-0.39, 0.29) is 10.8 Å². The normalized spacial score (nSPS) is 11.5. The summed E-state index contributed by atoms with van der Waals surface area (Å²) in [5, 5.41) is 3.70. The molecule has 32 heavy (non-hydrogen) atoms. The fraction of sp³-hybridized carbons (Fsp3) is 0.348. The Bertz CT molecular complexity index is 1200. The lowest BCUT2D eigenvalue weighted by Crippen LogP contribution is -2.27. The number of nitrogens with one attached hydrogen (secondary N) is 1. The van der Waals surface area contributed by atoms with E-state index < -0.39 is 10.0 Å². The highest BCUT2D eigenvalue weighted by atomic mass is 32.2. The summed E-state index contributed by atoms with van der Waals surface area (Å²) in [6, 6.07) is 12.2. The highest BCUT2D eigenvalue weighted by Crippen LogP contribution is 2.33. The summed E-state index contributed by atoms with van der Waals surface area (Å²) in [4.78, 5) is 13.1. The van der Waals surface area contributed by atoms with E-state index in [0.29, 0.717) is 36.1 Å². The Kier molecular flexibility index (Phi) is 7.76. The lowest BCUT2D eigenvalue weighted by Gasteiger charge is -2.21. The largest absolute Gasteiger partial charge is 0.495 e. The average Bonchev–Trinajstić information content (AvgIpc) is 3.21.